The van der Waals surface area contributed by atoms with Crippen LogP contribution in [0.15, 0.2) is 48.8 Å². The van der Waals surface area contributed by atoms with Crippen molar-refractivity contribution in [1.29, 1.82) is 0 Å². The van der Waals surface area contributed by atoms with Crippen molar-refractivity contribution in [3.8, 4) is 0 Å². The van der Waals surface area contributed by atoms with E-state index >= 15 is 0 Å². The summed E-state index contributed by atoms with van der Waals surface area (Å²) in [6.45, 7) is 4.24. The topological polar surface area (TPSA) is 17.3 Å². The van der Waals surface area contributed by atoms with Crippen LogP contribution in [0.25, 0.3) is 5.52 Å². The molecule has 2 heterocycles. The van der Waals surface area contributed by atoms with Crippen LogP contribution >= 0.6 is 0 Å². The zero-order valence-corrected chi connectivity index (χ0v) is 10.7. The van der Waals surface area contributed by atoms with Crippen molar-refractivity contribution < 1.29 is 0 Å². The van der Waals surface area contributed by atoms with Crippen molar-refractivity contribution in [2.45, 2.75) is 20.3 Å². The normalized spacial score (nSPS) is 11.0. The van der Waals surface area contributed by atoms with Crippen LogP contribution in [0.1, 0.15) is 22.5 Å². The Bertz CT molecular complexity index is 695. The van der Waals surface area contributed by atoms with Gasteiger partial charge in [-0.2, -0.15) is 0 Å². The summed E-state index contributed by atoms with van der Waals surface area (Å²) in [5, 5.41) is 0. The van der Waals surface area contributed by atoms with E-state index in [1.807, 2.05) is 6.20 Å². The molecule has 2 nitrogen and oxygen atoms in total. The predicted octanol–water partition coefficient (Wildman–Crippen LogP) is 3.54. The van der Waals surface area contributed by atoms with Gasteiger partial charge in [0.05, 0.1) is 11.7 Å². The molecule has 0 fully saturated rings. The van der Waals surface area contributed by atoms with Gasteiger partial charge in [-0.25, -0.2) is 4.98 Å². The third-order valence-corrected chi connectivity index (χ3v) is 3.30. The van der Waals surface area contributed by atoms with Crippen molar-refractivity contribution in [2.24, 2.45) is 0 Å². The molecule has 0 saturated carbocycles. The fourth-order valence-corrected chi connectivity index (χ4v) is 2.35. The van der Waals surface area contributed by atoms with Crippen molar-refractivity contribution in [3.63, 3.8) is 0 Å². The van der Waals surface area contributed by atoms with E-state index in [4.69, 9.17) is 0 Å². The fraction of sp³-hybridized carbons (Fsp3) is 0.188. The van der Waals surface area contributed by atoms with Gasteiger partial charge in [-0.1, -0.05) is 35.9 Å². The number of rotatable bonds is 2. The maximum absolute atomic E-state index is 4.54. The van der Waals surface area contributed by atoms with Crippen LogP contribution in [0.5, 0.6) is 0 Å². The van der Waals surface area contributed by atoms with Crippen LogP contribution < -0.4 is 0 Å². The molecule has 0 bridgehead atoms. The number of hydrogen-bond acceptors (Lipinski definition) is 1. The van der Waals surface area contributed by atoms with Crippen molar-refractivity contribution in [2.75, 3.05) is 0 Å². The van der Waals surface area contributed by atoms with E-state index < -0.39 is 0 Å². The highest BCUT2D eigenvalue weighted by Gasteiger charge is 2.05. The second-order valence-corrected chi connectivity index (χ2v) is 4.79. The first kappa shape index (κ1) is 11.0. The first-order chi connectivity index (χ1) is 8.74. The van der Waals surface area contributed by atoms with E-state index in [1.165, 1.54) is 22.2 Å². The van der Waals surface area contributed by atoms with Gasteiger partial charge in [0, 0.05) is 12.6 Å². The minimum Gasteiger partial charge on any atom is -0.303 e. The predicted molar refractivity (Wildman–Crippen MR) is 73.9 cm³/mol. The number of imidazole rings is 1. The first-order valence-corrected chi connectivity index (χ1v) is 6.21. The van der Waals surface area contributed by atoms with Gasteiger partial charge in [0.25, 0.3) is 0 Å². The number of aryl methyl sites for hydroxylation is 2. The van der Waals surface area contributed by atoms with Crippen LogP contribution in [-0.2, 0) is 6.42 Å². The maximum atomic E-state index is 4.54. The van der Waals surface area contributed by atoms with E-state index in [9.17, 15) is 0 Å². The molecule has 0 aliphatic carbocycles. The first-order valence-electron chi connectivity index (χ1n) is 6.21. The molecule has 3 aromatic rings. The van der Waals surface area contributed by atoms with E-state index in [0.717, 1.165) is 12.2 Å². The standard InChI is InChI=1S/C16H16N2/c1-12-5-3-7-14(9-12)10-16-17-11-15-13(2)6-4-8-18(15)16/h3-9,11H,10H2,1-2H3. The van der Waals surface area contributed by atoms with Gasteiger partial charge in [-0.3, -0.25) is 0 Å². The smallest absolute Gasteiger partial charge is 0.117 e. The van der Waals surface area contributed by atoms with Gasteiger partial charge in [-0.05, 0) is 31.0 Å². The Kier molecular flexibility index (Phi) is 2.63. The summed E-state index contributed by atoms with van der Waals surface area (Å²) < 4.78 is 2.18. The molecule has 18 heavy (non-hydrogen) atoms. The van der Waals surface area contributed by atoms with E-state index in [0.29, 0.717) is 0 Å². The van der Waals surface area contributed by atoms with Crippen molar-refractivity contribution >= 4 is 5.52 Å². The van der Waals surface area contributed by atoms with Crippen LogP contribution in [-0.4, -0.2) is 9.38 Å². The Balaban J connectivity index is 2.03. The largest absolute Gasteiger partial charge is 0.303 e. The van der Waals surface area contributed by atoms with Crippen LogP contribution in [0.3, 0.4) is 0 Å². The molecule has 2 heteroatoms. The summed E-state index contributed by atoms with van der Waals surface area (Å²) in [4.78, 5) is 4.54. The Morgan fingerprint density at radius 1 is 1.11 bits per heavy atom. The lowest BCUT2D eigenvalue weighted by Crippen LogP contribution is -1.97. The van der Waals surface area contributed by atoms with Crippen molar-refractivity contribution in [1.82, 2.24) is 9.38 Å². The number of pyridine rings is 1. The number of benzene rings is 1. The van der Waals surface area contributed by atoms with Gasteiger partial charge in [-0.15, -0.1) is 0 Å². The minimum absolute atomic E-state index is 0.874. The van der Waals surface area contributed by atoms with Gasteiger partial charge in [0.1, 0.15) is 5.82 Å². The Hall–Kier alpha value is -2.09. The summed E-state index contributed by atoms with van der Waals surface area (Å²) in [6.07, 6.45) is 4.92. The SMILES string of the molecule is Cc1cccc(Cc2ncc3c(C)cccn23)c1. The average Bonchev–Trinajstić information content (AvgIpc) is 2.74. The molecular formula is C16H16N2. The Morgan fingerprint density at radius 3 is 2.83 bits per heavy atom. The monoisotopic (exact) mass is 236 g/mol. The highest BCUT2D eigenvalue weighted by atomic mass is 15.0. The molecule has 0 aliphatic heterocycles. The third kappa shape index (κ3) is 1.90. The van der Waals surface area contributed by atoms with E-state index in [2.05, 4.69) is 65.8 Å². The number of aromatic nitrogens is 2. The quantitative estimate of drug-likeness (QED) is 0.665. The van der Waals surface area contributed by atoms with Gasteiger partial charge in [0.15, 0.2) is 0 Å². The molecule has 0 N–H and O–H groups in total. The second kappa shape index (κ2) is 4.30. The van der Waals surface area contributed by atoms with Gasteiger partial charge >= 0.3 is 0 Å². The van der Waals surface area contributed by atoms with Gasteiger partial charge in [0.2, 0.25) is 0 Å². The maximum Gasteiger partial charge on any atom is 0.117 e. The highest BCUT2D eigenvalue weighted by molar-refractivity contribution is 5.53. The highest BCUT2D eigenvalue weighted by Crippen LogP contribution is 2.15. The molecular weight excluding hydrogens is 220 g/mol. The summed E-state index contributed by atoms with van der Waals surface area (Å²) >= 11 is 0. The molecule has 2 aromatic heterocycles. The van der Waals surface area contributed by atoms with Crippen LogP contribution in [0.4, 0.5) is 0 Å². The molecule has 0 spiro atoms. The molecule has 3 rings (SSSR count). The zero-order chi connectivity index (χ0) is 12.5. The molecule has 0 aliphatic rings. The molecule has 0 atom stereocenters. The lowest BCUT2D eigenvalue weighted by atomic mass is 10.1. The molecule has 0 amide bonds. The van der Waals surface area contributed by atoms with Crippen LogP contribution in [0, 0.1) is 13.8 Å². The fourth-order valence-electron chi connectivity index (χ4n) is 2.35. The molecule has 0 radical (unpaired) electrons. The number of nitrogens with zero attached hydrogens (tertiary/aromatic N) is 2. The summed E-state index contributed by atoms with van der Waals surface area (Å²) in [5.74, 6) is 1.10. The van der Waals surface area contributed by atoms with Crippen molar-refractivity contribution in [3.05, 3.63) is 71.3 Å². The zero-order valence-electron chi connectivity index (χ0n) is 10.7. The Labute approximate surface area is 107 Å². The summed E-state index contributed by atoms with van der Waals surface area (Å²) in [6, 6.07) is 12.8. The molecule has 90 valence electrons. The third-order valence-electron chi connectivity index (χ3n) is 3.30. The van der Waals surface area contributed by atoms with Crippen LogP contribution in [0.2, 0.25) is 0 Å². The molecule has 0 saturated heterocycles. The Morgan fingerprint density at radius 2 is 2.00 bits per heavy atom. The lowest BCUT2D eigenvalue weighted by Gasteiger charge is -2.04. The van der Waals surface area contributed by atoms with E-state index in [-0.39, 0.29) is 0 Å². The number of fused-ring (bicyclic) bond motifs is 1. The lowest BCUT2D eigenvalue weighted by molar-refractivity contribution is 0.958. The summed E-state index contributed by atoms with van der Waals surface area (Å²) in [7, 11) is 0. The number of hydrogen-bond donors (Lipinski definition) is 0. The second-order valence-electron chi connectivity index (χ2n) is 4.79. The summed E-state index contributed by atoms with van der Waals surface area (Å²) in [5.41, 5.74) is 5.06. The van der Waals surface area contributed by atoms with E-state index in [1.54, 1.807) is 0 Å². The molecule has 0 unspecified atom stereocenters. The van der Waals surface area contributed by atoms with Gasteiger partial charge < -0.3 is 4.40 Å². The molecule has 1 aromatic carbocycles. The average molecular weight is 236 g/mol. The minimum atomic E-state index is 0.874.